The summed E-state index contributed by atoms with van der Waals surface area (Å²) in [6.45, 7) is 16.0. The fourth-order valence-corrected chi connectivity index (χ4v) is 2.85. The molecule has 0 radical (unpaired) electrons. The van der Waals surface area contributed by atoms with Crippen LogP contribution in [0, 0.1) is 0 Å². The molecule has 1 aromatic heterocycles. The summed E-state index contributed by atoms with van der Waals surface area (Å²) in [6.07, 6.45) is 2.80. The first kappa shape index (κ1) is 26.1. The number of nitrogens with zero attached hydrogens (tertiary/aromatic N) is 4. The van der Waals surface area contributed by atoms with Gasteiger partial charge in [-0.25, -0.2) is 0 Å². The van der Waals surface area contributed by atoms with Gasteiger partial charge in [0, 0.05) is 51.1 Å². The zero-order valence-corrected chi connectivity index (χ0v) is 20.4. The SMILES string of the molecule is CN=C(NCCCc1nc(C(C)C)no1)NCCCN(C(C)C)C(C)C.I. The summed E-state index contributed by atoms with van der Waals surface area (Å²) in [6, 6.07) is 1.15. The maximum atomic E-state index is 5.26. The van der Waals surface area contributed by atoms with Crippen LogP contribution in [-0.2, 0) is 6.42 Å². The molecule has 1 aromatic rings. The van der Waals surface area contributed by atoms with Crippen LogP contribution in [0.4, 0.5) is 0 Å². The number of nitrogens with one attached hydrogen (secondary N) is 2. The molecule has 0 bridgehead atoms. The van der Waals surface area contributed by atoms with Gasteiger partial charge >= 0.3 is 0 Å². The topological polar surface area (TPSA) is 78.6 Å². The molecule has 0 aliphatic heterocycles. The molecule has 1 rings (SSSR count). The summed E-state index contributed by atoms with van der Waals surface area (Å²) >= 11 is 0. The van der Waals surface area contributed by atoms with E-state index in [4.69, 9.17) is 4.52 Å². The summed E-state index contributed by atoms with van der Waals surface area (Å²) in [4.78, 5) is 11.2. The molecule has 2 N–H and O–H groups in total. The van der Waals surface area contributed by atoms with Crippen molar-refractivity contribution >= 4 is 29.9 Å². The van der Waals surface area contributed by atoms with E-state index in [0.29, 0.717) is 23.9 Å². The molecular formula is C19H39IN6O. The van der Waals surface area contributed by atoms with Crippen molar-refractivity contribution in [3.05, 3.63) is 11.7 Å². The quantitative estimate of drug-likeness (QED) is 0.213. The summed E-state index contributed by atoms with van der Waals surface area (Å²) in [5.41, 5.74) is 0. The Morgan fingerprint density at radius 3 is 2.11 bits per heavy atom. The highest BCUT2D eigenvalue weighted by Gasteiger charge is 2.12. The number of aryl methyl sites for hydroxylation is 1. The van der Waals surface area contributed by atoms with Crippen molar-refractivity contribution in [2.45, 2.75) is 78.8 Å². The second-order valence-electron chi connectivity index (χ2n) is 7.51. The van der Waals surface area contributed by atoms with E-state index in [-0.39, 0.29) is 24.0 Å². The fourth-order valence-electron chi connectivity index (χ4n) is 2.85. The zero-order chi connectivity index (χ0) is 19.5. The van der Waals surface area contributed by atoms with Gasteiger partial charge < -0.3 is 15.2 Å². The molecule has 27 heavy (non-hydrogen) atoms. The lowest BCUT2D eigenvalue weighted by Crippen LogP contribution is -2.41. The Balaban J connectivity index is 0.00000676. The summed E-state index contributed by atoms with van der Waals surface area (Å²) < 4.78 is 5.26. The Morgan fingerprint density at radius 1 is 1.04 bits per heavy atom. The lowest BCUT2D eigenvalue weighted by atomic mass is 10.2. The van der Waals surface area contributed by atoms with Crippen LogP contribution in [-0.4, -0.2) is 59.8 Å². The number of hydrogen-bond acceptors (Lipinski definition) is 5. The monoisotopic (exact) mass is 494 g/mol. The van der Waals surface area contributed by atoms with Crippen molar-refractivity contribution in [3.63, 3.8) is 0 Å². The van der Waals surface area contributed by atoms with Gasteiger partial charge in [-0.2, -0.15) is 4.98 Å². The molecule has 0 amide bonds. The van der Waals surface area contributed by atoms with Crippen LogP contribution in [0.15, 0.2) is 9.52 Å². The third-order valence-corrected chi connectivity index (χ3v) is 4.30. The van der Waals surface area contributed by atoms with Gasteiger partial charge in [0.05, 0.1) is 0 Å². The van der Waals surface area contributed by atoms with Crippen LogP contribution in [0.5, 0.6) is 0 Å². The molecule has 7 nitrogen and oxygen atoms in total. The van der Waals surface area contributed by atoms with Gasteiger partial charge in [0.15, 0.2) is 11.8 Å². The third-order valence-electron chi connectivity index (χ3n) is 4.30. The Bertz CT molecular complexity index is 522. The van der Waals surface area contributed by atoms with E-state index in [9.17, 15) is 0 Å². The molecule has 0 spiro atoms. The molecule has 0 atom stereocenters. The normalized spacial score (nSPS) is 12.2. The molecule has 0 aliphatic rings. The lowest BCUT2D eigenvalue weighted by Gasteiger charge is -2.30. The van der Waals surface area contributed by atoms with Gasteiger partial charge in [-0.05, 0) is 40.5 Å². The molecule has 1 heterocycles. The maximum absolute atomic E-state index is 5.26. The predicted molar refractivity (Wildman–Crippen MR) is 123 cm³/mol. The highest BCUT2D eigenvalue weighted by molar-refractivity contribution is 14.0. The smallest absolute Gasteiger partial charge is 0.226 e. The van der Waals surface area contributed by atoms with Crippen LogP contribution >= 0.6 is 24.0 Å². The number of aromatic nitrogens is 2. The number of aliphatic imine (C=N–C) groups is 1. The van der Waals surface area contributed by atoms with E-state index in [1.54, 1.807) is 7.05 Å². The second kappa shape index (κ2) is 14.1. The minimum absolute atomic E-state index is 0. The van der Waals surface area contributed by atoms with E-state index >= 15 is 0 Å². The number of hydrogen-bond donors (Lipinski definition) is 2. The first-order valence-electron chi connectivity index (χ1n) is 9.87. The van der Waals surface area contributed by atoms with E-state index in [1.165, 1.54) is 0 Å². The first-order chi connectivity index (χ1) is 12.3. The molecular weight excluding hydrogens is 455 g/mol. The molecule has 0 aromatic carbocycles. The van der Waals surface area contributed by atoms with Crippen molar-refractivity contribution in [1.82, 2.24) is 25.7 Å². The van der Waals surface area contributed by atoms with Crippen molar-refractivity contribution in [1.29, 1.82) is 0 Å². The van der Waals surface area contributed by atoms with Crippen LogP contribution in [0.1, 0.15) is 72.0 Å². The third kappa shape index (κ3) is 10.3. The van der Waals surface area contributed by atoms with Gasteiger partial charge in [0.25, 0.3) is 0 Å². The highest BCUT2D eigenvalue weighted by atomic mass is 127. The van der Waals surface area contributed by atoms with Crippen LogP contribution in [0.25, 0.3) is 0 Å². The van der Waals surface area contributed by atoms with Crippen LogP contribution < -0.4 is 10.6 Å². The zero-order valence-electron chi connectivity index (χ0n) is 18.1. The Morgan fingerprint density at radius 2 is 1.63 bits per heavy atom. The molecule has 0 fully saturated rings. The number of rotatable bonds is 11. The van der Waals surface area contributed by atoms with Gasteiger partial charge in [-0.3, -0.25) is 9.89 Å². The van der Waals surface area contributed by atoms with Crippen molar-refractivity contribution in [2.75, 3.05) is 26.7 Å². The van der Waals surface area contributed by atoms with E-state index < -0.39 is 0 Å². The standard InChI is InChI=1S/C19H38N6O.HI/c1-14(2)18-23-17(26-24-18)10-8-11-21-19(20-7)22-12-9-13-25(15(3)4)16(5)6;/h14-16H,8-13H2,1-7H3,(H2,20,21,22);1H. The summed E-state index contributed by atoms with van der Waals surface area (Å²) in [7, 11) is 1.80. The van der Waals surface area contributed by atoms with Crippen molar-refractivity contribution in [2.24, 2.45) is 4.99 Å². The fraction of sp³-hybridized carbons (Fsp3) is 0.842. The molecule has 0 saturated carbocycles. The van der Waals surface area contributed by atoms with E-state index in [1.807, 2.05) is 0 Å². The minimum atomic E-state index is 0. The lowest BCUT2D eigenvalue weighted by molar-refractivity contribution is 0.173. The minimum Gasteiger partial charge on any atom is -0.356 e. The molecule has 158 valence electrons. The van der Waals surface area contributed by atoms with E-state index in [0.717, 1.165) is 50.7 Å². The first-order valence-corrected chi connectivity index (χ1v) is 9.87. The summed E-state index contributed by atoms with van der Waals surface area (Å²) in [5, 5.41) is 10.7. The second-order valence-corrected chi connectivity index (χ2v) is 7.51. The predicted octanol–water partition coefficient (Wildman–Crippen LogP) is 3.42. The highest BCUT2D eigenvalue weighted by Crippen LogP contribution is 2.10. The molecule has 0 saturated heterocycles. The average Bonchev–Trinajstić information content (AvgIpc) is 3.05. The van der Waals surface area contributed by atoms with Crippen LogP contribution in [0.3, 0.4) is 0 Å². The van der Waals surface area contributed by atoms with E-state index in [2.05, 4.69) is 72.2 Å². The Labute approximate surface area is 182 Å². The Kier molecular flexibility index (Phi) is 13.7. The average molecular weight is 494 g/mol. The number of guanidine groups is 1. The molecule has 0 unspecified atom stereocenters. The Hall–Kier alpha value is -0.900. The van der Waals surface area contributed by atoms with Gasteiger partial charge in [0.1, 0.15) is 0 Å². The summed E-state index contributed by atoms with van der Waals surface area (Å²) in [5.74, 6) is 2.64. The van der Waals surface area contributed by atoms with Gasteiger partial charge in [0.2, 0.25) is 5.89 Å². The molecule has 8 heteroatoms. The molecule has 0 aliphatic carbocycles. The van der Waals surface area contributed by atoms with Gasteiger partial charge in [-0.15, -0.1) is 24.0 Å². The largest absolute Gasteiger partial charge is 0.356 e. The van der Waals surface area contributed by atoms with Crippen molar-refractivity contribution in [3.8, 4) is 0 Å². The number of halogens is 1. The van der Waals surface area contributed by atoms with Crippen molar-refractivity contribution < 1.29 is 4.52 Å². The van der Waals surface area contributed by atoms with Gasteiger partial charge in [-0.1, -0.05) is 19.0 Å². The maximum Gasteiger partial charge on any atom is 0.226 e. The van der Waals surface area contributed by atoms with Crippen LogP contribution in [0.2, 0.25) is 0 Å².